The predicted molar refractivity (Wildman–Crippen MR) is 92.4 cm³/mol. The Balaban J connectivity index is 1.49. The molecule has 1 N–H and O–H groups in total. The van der Waals surface area contributed by atoms with Crippen molar-refractivity contribution < 1.29 is 14.3 Å². The molecule has 0 saturated carbocycles. The lowest BCUT2D eigenvalue weighted by Gasteiger charge is -2.31. The fourth-order valence-corrected chi connectivity index (χ4v) is 3.22. The second-order valence-electron chi connectivity index (χ2n) is 6.40. The Morgan fingerprint density at radius 2 is 1.76 bits per heavy atom. The van der Waals surface area contributed by atoms with Crippen LogP contribution in [0.1, 0.15) is 43.0 Å². The fourth-order valence-electron chi connectivity index (χ4n) is 3.22. The summed E-state index contributed by atoms with van der Waals surface area (Å²) in [5, 5.41) is 3.28. The predicted octanol–water partition coefficient (Wildman–Crippen LogP) is 1.75. The van der Waals surface area contributed by atoms with Crippen LogP contribution in [0.25, 0.3) is 0 Å². The van der Waals surface area contributed by atoms with Crippen LogP contribution in [0.4, 0.5) is 10.7 Å². The molecule has 1 aromatic rings. The van der Waals surface area contributed by atoms with Gasteiger partial charge in [0.05, 0.1) is 12.2 Å². The van der Waals surface area contributed by atoms with Crippen molar-refractivity contribution in [3.05, 3.63) is 18.0 Å². The van der Waals surface area contributed by atoms with E-state index < -0.39 is 0 Å². The Labute approximate surface area is 147 Å². The molecule has 136 valence electrons. The fraction of sp³-hybridized carbons (Fsp3) is 0.647. The minimum Gasteiger partial charge on any atom is -0.450 e. The van der Waals surface area contributed by atoms with Gasteiger partial charge in [-0.25, -0.2) is 14.8 Å². The van der Waals surface area contributed by atoms with Crippen LogP contribution in [0.15, 0.2) is 12.4 Å². The van der Waals surface area contributed by atoms with E-state index in [1.807, 2.05) is 11.8 Å². The summed E-state index contributed by atoms with van der Waals surface area (Å²) in [6.45, 7) is 5.15. The topological polar surface area (TPSA) is 87.7 Å². The summed E-state index contributed by atoms with van der Waals surface area (Å²) < 4.78 is 5.02. The highest BCUT2D eigenvalue weighted by Gasteiger charge is 2.24. The average Bonchev–Trinajstić information content (AvgIpc) is 3.17. The van der Waals surface area contributed by atoms with Gasteiger partial charge in [-0.1, -0.05) is 0 Å². The molecule has 2 fully saturated rings. The minimum atomic E-state index is -0.248. The van der Waals surface area contributed by atoms with Gasteiger partial charge >= 0.3 is 6.09 Å². The number of likely N-dealkylation sites (tertiary alicyclic amines) is 2. The third-order valence-corrected chi connectivity index (χ3v) is 4.65. The lowest BCUT2D eigenvalue weighted by Crippen LogP contribution is -2.42. The highest BCUT2D eigenvalue weighted by molar-refractivity contribution is 5.93. The van der Waals surface area contributed by atoms with E-state index in [-0.39, 0.29) is 18.0 Å². The maximum Gasteiger partial charge on any atom is 0.409 e. The summed E-state index contributed by atoms with van der Waals surface area (Å²) in [7, 11) is 0. The monoisotopic (exact) mass is 347 g/mol. The Kier molecular flexibility index (Phi) is 5.67. The van der Waals surface area contributed by atoms with Crippen molar-refractivity contribution in [2.75, 3.05) is 38.1 Å². The molecule has 1 aromatic heterocycles. The van der Waals surface area contributed by atoms with E-state index in [0.29, 0.717) is 31.2 Å². The van der Waals surface area contributed by atoms with E-state index in [2.05, 4.69) is 15.3 Å². The third kappa shape index (κ3) is 4.37. The molecule has 2 aliphatic heterocycles. The highest BCUT2D eigenvalue weighted by Crippen LogP contribution is 2.16. The second-order valence-corrected chi connectivity index (χ2v) is 6.40. The Morgan fingerprint density at radius 1 is 1.12 bits per heavy atom. The van der Waals surface area contributed by atoms with Crippen LogP contribution in [-0.2, 0) is 4.74 Å². The minimum absolute atomic E-state index is 0.00629. The zero-order chi connectivity index (χ0) is 17.6. The molecule has 8 heteroatoms. The average molecular weight is 347 g/mol. The summed E-state index contributed by atoms with van der Waals surface area (Å²) in [4.78, 5) is 36.1. The highest BCUT2D eigenvalue weighted by atomic mass is 16.6. The number of aromatic nitrogens is 2. The molecule has 2 saturated heterocycles. The van der Waals surface area contributed by atoms with Crippen LogP contribution in [0.2, 0.25) is 0 Å². The first-order valence-electron chi connectivity index (χ1n) is 8.97. The summed E-state index contributed by atoms with van der Waals surface area (Å²) in [5.41, 5.74) is 0.532. The van der Waals surface area contributed by atoms with Crippen LogP contribution in [-0.4, -0.2) is 70.6 Å². The number of hydrogen-bond donors (Lipinski definition) is 1. The van der Waals surface area contributed by atoms with E-state index in [1.165, 1.54) is 0 Å². The smallest absolute Gasteiger partial charge is 0.409 e. The third-order valence-electron chi connectivity index (χ3n) is 4.65. The van der Waals surface area contributed by atoms with Crippen molar-refractivity contribution in [2.24, 2.45) is 0 Å². The van der Waals surface area contributed by atoms with Gasteiger partial charge in [-0.05, 0) is 32.6 Å². The molecule has 2 aliphatic rings. The number of carbonyl (C=O) groups excluding carboxylic acids is 2. The maximum atomic E-state index is 12.3. The number of anilines is 1. The van der Waals surface area contributed by atoms with Gasteiger partial charge in [-0.15, -0.1) is 0 Å². The second kappa shape index (κ2) is 8.13. The molecule has 3 heterocycles. The number of ether oxygens (including phenoxy) is 1. The first-order valence-corrected chi connectivity index (χ1v) is 8.97. The van der Waals surface area contributed by atoms with E-state index in [0.717, 1.165) is 38.8 Å². The molecule has 0 atom stereocenters. The molecule has 0 spiro atoms. The molecule has 3 rings (SSSR count). The zero-order valence-corrected chi connectivity index (χ0v) is 14.6. The number of hydrogen-bond acceptors (Lipinski definition) is 6. The number of piperidine rings is 1. The van der Waals surface area contributed by atoms with Crippen LogP contribution in [0, 0.1) is 0 Å². The lowest BCUT2D eigenvalue weighted by molar-refractivity contribution is 0.0792. The number of carbonyl (C=O) groups is 2. The van der Waals surface area contributed by atoms with Crippen LogP contribution < -0.4 is 5.32 Å². The normalized spacial score (nSPS) is 18.3. The number of amides is 2. The Bertz CT molecular complexity index is 593. The van der Waals surface area contributed by atoms with Crippen molar-refractivity contribution in [1.29, 1.82) is 0 Å². The van der Waals surface area contributed by atoms with Crippen molar-refractivity contribution in [3.63, 3.8) is 0 Å². The maximum absolute atomic E-state index is 12.3. The molecule has 0 bridgehead atoms. The van der Waals surface area contributed by atoms with Gasteiger partial charge in [-0.2, -0.15) is 0 Å². The molecular weight excluding hydrogens is 322 g/mol. The molecule has 0 radical (unpaired) electrons. The lowest BCUT2D eigenvalue weighted by atomic mass is 10.1. The van der Waals surface area contributed by atoms with Crippen molar-refractivity contribution in [2.45, 2.75) is 38.6 Å². The van der Waals surface area contributed by atoms with Crippen molar-refractivity contribution in [3.8, 4) is 0 Å². The van der Waals surface area contributed by atoms with E-state index >= 15 is 0 Å². The summed E-state index contributed by atoms with van der Waals surface area (Å²) in [6.07, 6.45) is 6.69. The van der Waals surface area contributed by atoms with Gasteiger partial charge in [0.15, 0.2) is 0 Å². The number of rotatable bonds is 4. The zero-order valence-electron chi connectivity index (χ0n) is 14.6. The number of nitrogens with one attached hydrogen (secondary N) is 1. The molecular formula is C17H25N5O3. The quantitative estimate of drug-likeness (QED) is 0.893. The van der Waals surface area contributed by atoms with Gasteiger partial charge in [0, 0.05) is 44.6 Å². The molecule has 8 nitrogen and oxygen atoms in total. The van der Waals surface area contributed by atoms with Gasteiger partial charge in [0.1, 0.15) is 0 Å². The first kappa shape index (κ1) is 17.4. The van der Waals surface area contributed by atoms with Crippen LogP contribution >= 0.6 is 0 Å². The SMILES string of the molecule is CCOC(=O)N1CCC(Nc2ncc(C(=O)N3CCCC3)cn2)CC1. The largest absolute Gasteiger partial charge is 0.450 e. The molecule has 2 amide bonds. The molecule has 0 unspecified atom stereocenters. The summed E-state index contributed by atoms with van der Waals surface area (Å²) in [5.74, 6) is 0.527. The van der Waals surface area contributed by atoms with Crippen molar-refractivity contribution >= 4 is 17.9 Å². The van der Waals surface area contributed by atoms with Gasteiger partial charge in [0.2, 0.25) is 5.95 Å². The summed E-state index contributed by atoms with van der Waals surface area (Å²) >= 11 is 0. The van der Waals surface area contributed by atoms with E-state index in [9.17, 15) is 9.59 Å². The van der Waals surface area contributed by atoms with Gasteiger partial charge in [0.25, 0.3) is 5.91 Å². The molecule has 25 heavy (non-hydrogen) atoms. The van der Waals surface area contributed by atoms with E-state index in [1.54, 1.807) is 17.3 Å². The Morgan fingerprint density at radius 3 is 2.36 bits per heavy atom. The Hall–Kier alpha value is -2.38. The van der Waals surface area contributed by atoms with E-state index in [4.69, 9.17) is 4.74 Å². The standard InChI is InChI=1S/C17H25N5O3/c1-2-25-17(24)22-9-5-14(6-10-22)20-16-18-11-13(12-19-16)15(23)21-7-3-4-8-21/h11-12,14H,2-10H2,1H3,(H,18,19,20). The molecule has 0 aliphatic carbocycles. The van der Waals surface area contributed by atoms with Gasteiger partial charge < -0.3 is 19.9 Å². The summed E-state index contributed by atoms with van der Waals surface area (Å²) in [6, 6.07) is 0.214. The van der Waals surface area contributed by atoms with Crippen LogP contribution in [0.5, 0.6) is 0 Å². The number of nitrogens with zero attached hydrogens (tertiary/aromatic N) is 4. The van der Waals surface area contributed by atoms with Gasteiger partial charge in [-0.3, -0.25) is 4.79 Å². The molecule has 0 aromatic carbocycles. The first-order chi connectivity index (χ1) is 12.2. The van der Waals surface area contributed by atoms with Crippen LogP contribution in [0.3, 0.4) is 0 Å². The van der Waals surface area contributed by atoms with Crippen molar-refractivity contribution in [1.82, 2.24) is 19.8 Å².